The summed E-state index contributed by atoms with van der Waals surface area (Å²) >= 11 is 0. The van der Waals surface area contributed by atoms with Gasteiger partial charge in [0.2, 0.25) is 0 Å². The number of benzene rings is 2. The Balaban J connectivity index is 1.72. The first-order chi connectivity index (χ1) is 12.6. The van der Waals surface area contributed by atoms with Crippen molar-refractivity contribution in [2.24, 2.45) is 0 Å². The molecule has 0 radical (unpaired) electrons. The third-order valence-corrected chi connectivity index (χ3v) is 3.44. The predicted molar refractivity (Wildman–Crippen MR) is 94.7 cm³/mol. The van der Waals surface area contributed by atoms with Gasteiger partial charge in [0, 0.05) is 12.2 Å². The van der Waals surface area contributed by atoms with E-state index in [9.17, 15) is 9.59 Å². The fourth-order valence-corrected chi connectivity index (χ4v) is 1.98. The number of carbonyl (C=O) groups excluding carboxylic acids is 2. The molecule has 0 saturated carbocycles. The number of hydrogen-bond acceptors (Lipinski definition) is 6. The highest BCUT2D eigenvalue weighted by Crippen LogP contribution is 2.13. The quantitative estimate of drug-likeness (QED) is 0.535. The first kappa shape index (κ1) is 19.1. The van der Waals surface area contributed by atoms with E-state index in [4.69, 9.17) is 18.9 Å². The molecule has 2 aromatic carbocycles. The third kappa shape index (κ3) is 6.32. The number of esters is 2. The molecular formula is C20H20O6. The summed E-state index contributed by atoms with van der Waals surface area (Å²) < 4.78 is 20.2. The first-order valence-corrected chi connectivity index (χ1v) is 7.88. The van der Waals surface area contributed by atoms with Gasteiger partial charge in [0.1, 0.15) is 24.7 Å². The maximum atomic E-state index is 11.6. The van der Waals surface area contributed by atoms with Crippen LogP contribution in [0.15, 0.2) is 60.7 Å². The standard InChI is InChI=1S/C20H20O6/c1-23-17-7-3-15(4-8-17)13-25-19(21)11-12-20(22)26-14-16-5-9-18(24-2)10-6-16/h3-12H,13-14H2,1-2H3. The Morgan fingerprint density at radius 2 is 1.04 bits per heavy atom. The van der Waals surface area contributed by atoms with Gasteiger partial charge in [-0.15, -0.1) is 0 Å². The lowest BCUT2D eigenvalue weighted by Crippen LogP contribution is -2.04. The minimum absolute atomic E-state index is 0.105. The van der Waals surface area contributed by atoms with Crippen LogP contribution in [0.5, 0.6) is 11.5 Å². The zero-order valence-electron chi connectivity index (χ0n) is 14.6. The number of methoxy groups -OCH3 is 2. The zero-order valence-corrected chi connectivity index (χ0v) is 14.6. The second kappa shape index (κ2) is 9.88. The van der Waals surface area contributed by atoms with Crippen molar-refractivity contribution in [3.8, 4) is 11.5 Å². The van der Waals surface area contributed by atoms with Crippen molar-refractivity contribution in [1.29, 1.82) is 0 Å². The van der Waals surface area contributed by atoms with Crippen molar-refractivity contribution in [2.45, 2.75) is 13.2 Å². The SMILES string of the molecule is COc1ccc(COC(=O)C=CC(=O)OCc2ccc(OC)cc2)cc1. The summed E-state index contributed by atoms with van der Waals surface area (Å²) in [5.74, 6) is 0.198. The average Bonchev–Trinajstić information content (AvgIpc) is 2.69. The normalized spacial score (nSPS) is 10.4. The van der Waals surface area contributed by atoms with E-state index in [1.807, 2.05) is 0 Å². The van der Waals surface area contributed by atoms with Gasteiger partial charge in [0.05, 0.1) is 14.2 Å². The third-order valence-electron chi connectivity index (χ3n) is 3.44. The van der Waals surface area contributed by atoms with Crippen LogP contribution in [-0.4, -0.2) is 26.2 Å². The van der Waals surface area contributed by atoms with E-state index in [0.29, 0.717) is 0 Å². The van der Waals surface area contributed by atoms with Gasteiger partial charge in [0.25, 0.3) is 0 Å². The molecule has 0 N–H and O–H groups in total. The predicted octanol–water partition coefficient (Wildman–Crippen LogP) is 3.05. The average molecular weight is 356 g/mol. The molecular weight excluding hydrogens is 336 g/mol. The van der Waals surface area contributed by atoms with Crippen LogP contribution in [-0.2, 0) is 32.3 Å². The lowest BCUT2D eigenvalue weighted by atomic mass is 10.2. The van der Waals surface area contributed by atoms with Crippen LogP contribution in [0.3, 0.4) is 0 Å². The summed E-state index contributed by atoms with van der Waals surface area (Å²) in [6.07, 6.45) is 2.08. The summed E-state index contributed by atoms with van der Waals surface area (Å²) in [4.78, 5) is 23.3. The van der Waals surface area contributed by atoms with E-state index < -0.39 is 11.9 Å². The summed E-state index contributed by atoms with van der Waals surface area (Å²) in [6, 6.07) is 14.3. The molecule has 26 heavy (non-hydrogen) atoms. The van der Waals surface area contributed by atoms with Crippen molar-refractivity contribution in [1.82, 2.24) is 0 Å². The molecule has 6 heteroatoms. The largest absolute Gasteiger partial charge is 0.497 e. The maximum absolute atomic E-state index is 11.6. The molecule has 0 unspecified atom stereocenters. The van der Waals surface area contributed by atoms with Gasteiger partial charge in [-0.25, -0.2) is 9.59 Å². The highest BCUT2D eigenvalue weighted by Gasteiger charge is 2.03. The summed E-state index contributed by atoms with van der Waals surface area (Å²) in [7, 11) is 3.15. The van der Waals surface area contributed by atoms with Crippen molar-refractivity contribution in [2.75, 3.05) is 14.2 Å². The van der Waals surface area contributed by atoms with E-state index in [1.165, 1.54) is 0 Å². The molecule has 0 atom stereocenters. The maximum Gasteiger partial charge on any atom is 0.331 e. The van der Waals surface area contributed by atoms with E-state index in [2.05, 4.69) is 0 Å². The molecule has 0 fully saturated rings. The minimum Gasteiger partial charge on any atom is -0.497 e. The highest BCUT2D eigenvalue weighted by molar-refractivity contribution is 5.91. The van der Waals surface area contributed by atoms with Gasteiger partial charge in [-0.1, -0.05) is 24.3 Å². The molecule has 0 spiro atoms. The number of carbonyl (C=O) groups is 2. The van der Waals surface area contributed by atoms with Crippen LogP contribution in [0, 0.1) is 0 Å². The first-order valence-electron chi connectivity index (χ1n) is 7.88. The number of ether oxygens (including phenoxy) is 4. The molecule has 0 amide bonds. The fourth-order valence-electron chi connectivity index (χ4n) is 1.98. The van der Waals surface area contributed by atoms with Crippen LogP contribution in [0.1, 0.15) is 11.1 Å². The number of rotatable bonds is 8. The van der Waals surface area contributed by atoms with Gasteiger partial charge in [-0.05, 0) is 35.4 Å². The second-order valence-electron chi connectivity index (χ2n) is 5.24. The van der Waals surface area contributed by atoms with Crippen LogP contribution in [0.4, 0.5) is 0 Å². The second-order valence-corrected chi connectivity index (χ2v) is 5.24. The van der Waals surface area contributed by atoms with Crippen molar-refractivity contribution < 1.29 is 28.5 Å². The smallest absolute Gasteiger partial charge is 0.331 e. The van der Waals surface area contributed by atoms with Crippen LogP contribution in [0.25, 0.3) is 0 Å². The Kier molecular flexibility index (Phi) is 7.24. The molecule has 6 nitrogen and oxygen atoms in total. The van der Waals surface area contributed by atoms with Gasteiger partial charge in [0.15, 0.2) is 0 Å². The summed E-state index contributed by atoms with van der Waals surface area (Å²) in [5.41, 5.74) is 1.63. The van der Waals surface area contributed by atoms with Crippen LogP contribution < -0.4 is 9.47 Å². The lowest BCUT2D eigenvalue weighted by Gasteiger charge is -2.04. The molecule has 0 aromatic heterocycles. The van der Waals surface area contributed by atoms with Crippen molar-refractivity contribution in [3.05, 3.63) is 71.8 Å². The molecule has 2 rings (SSSR count). The molecule has 0 aliphatic rings. The monoisotopic (exact) mass is 356 g/mol. The minimum atomic E-state index is -0.623. The Morgan fingerprint density at radius 1 is 0.692 bits per heavy atom. The van der Waals surface area contributed by atoms with E-state index in [0.717, 1.165) is 34.8 Å². The van der Waals surface area contributed by atoms with Gasteiger partial charge >= 0.3 is 11.9 Å². The topological polar surface area (TPSA) is 71.1 Å². The fraction of sp³-hybridized carbons (Fsp3) is 0.200. The Bertz CT molecular complexity index is 681. The molecule has 0 saturated heterocycles. The molecule has 0 heterocycles. The van der Waals surface area contributed by atoms with Crippen LogP contribution in [0.2, 0.25) is 0 Å². The molecule has 0 bridgehead atoms. The van der Waals surface area contributed by atoms with Crippen LogP contribution >= 0.6 is 0 Å². The summed E-state index contributed by atoms with van der Waals surface area (Å²) in [6.45, 7) is 0.210. The molecule has 136 valence electrons. The highest BCUT2D eigenvalue weighted by atomic mass is 16.5. The van der Waals surface area contributed by atoms with E-state index >= 15 is 0 Å². The Morgan fingerprint density at radius 3 is 1.35 bits per heavy atom. The number of hydrogen-bond donors (Lipinski definition) is 0. The molecule has 2 aromatic rings. The lowest BCUT2D eigenvalue weighted by molar-refractivity contribution is -0.141. The molecule has 0 aliphatic carbocycles. The van der Waals surface area contributed by atoms with Crippen molar-refractivity contribution >= 4 is 11.9 Å². The van der Waals surface area contributed by atoms with E-state index in [1.54, 1.807) is 62.8 Å². The van der Waals surface area contributed by atoms with Gasteiger partial charge in [-0.2, -0.15) is 0 Å². The zero-order chi connectivity index (χ0) is 18.8. The Hall–Kier alpha value is -3.28. The summed E-state index contributed by atoms with van der Waals surface area (Å²) in [5, 5.41) is 0. The Labute approximate surface area is 151 Å². The van der Waals surface area contributed by atoms with Crippen molar-refractivity contribution in [3.63, 3.8) is 0 Å². The van der Waals surface area contributed by atoms with Gasteiger partial charge < -0.3 is 18.9 Å². The molecule has 0 aliphatic heterocycles. The van der Waals surface area contributed by atoms with E-state index in [-0.39, 0.29) is 13.2 Å². The van der Waals surface area contributed by atoms with Gasteiger partial charge in [-0.3, -0.25) is 0 Å².